The molecule has 0 radical (unpaired) electrons. The summed E-state index contributed by atoms with van der Waals surface area (Å²) in [4.78, 5) is 1.44. The highest BCUT2D eigenvalue weighted by Gasteiger charge is 2.05. The number of thiophene rings is 1. The second-order valence-corrected chi connectivity index (χ2v) is 5.99. The lowest BCUT2D eigenvalue weighted by atomic mass is 10.4. The molecular weight excluding hydrogens is 358 g/mol. The molecular formula is C6H6I2S. The molecule has 1 aromatic rings. The normalized spacial score (nSPS) is 10.2. The average molecular weight is 364 g/mol. The van der Waals surface area contributed by atoms with Crippen molar-refractivity contribution >= 4 is 56.5 Å². The number of rotatable bonds is 0. The molecule has 1 heterocycles. The van der Waals surface area contributed by atoms with Crippen LogP contribution in [0.3, 0.4) is 0 Å². The molecule has 9 heavy (non-hydrogen) atoms. The van der Waals surface area contributed by atoms with Gasteiger partial charge in [0.05, 0.1) is 2.88 Å². The standard InChI is InChI=1S/C6H6I2S/c1-3-5(7)4(2)9-6(3)8/h1-2H3. The molecule has 0 amide bonds. The molecule has 0 nitrogen and oxygen atoms in total. The fourth-order valence-electron chi connectivity index (χ4n) is 0.606. The first kappa shape index (κ1) is 8.26. The van der Waals surface area contributed by atoms with E-state index in [4.69, 9.17) is 0 Å². The van der Waals surface area contributed by atoms with Crippen molar-refractivity contribution in [3.05, 3.63) is 16.9 Å². The molecule has 0 fully saturated rings. The van der Waals surface area contributed by atoms with Crippen molar-refractivity contribution in [2.24, 2.45) is 0 Å². The lowest BCUT2D eigenvalue weighted by Crippen LogP contribution is -1.72. The Balaban J connectivity index is 3.29. The Hall–Kier alpha value is 1.16. The molecule has 0 aliphatic heterocycles. The third-order valence-electron chi connectivity index (χ3n) is 1.18. The van der Waals surface area contributed by atoms with E-state index in [9.17, 15) is 0 Å². The smallest absolute Gasteiger partial charge is 0.0696 e. The van der Waals surface area contributed by atoms with Crippen molar-refractivity contribution in [1.29, 1.82) is 0 Å². The molecule has 0 aliphatic rings. The molecule has 0 saturated carbocycles. The van der Waals surface area contributed by atoms with Crippen LogP contribution in [0.15, 0.2) is 0 Å². The molecule has 0 saturated heterocycles. The van der Waals surface area contributed by atoms with Crippen LogP contribution in [0.4, 0.5) is 0 Å². The van der Waals surface area contributed by atoms with Crippen molar-refractivity contribution < 1.29 is 0 Å². The summed E-state index contributed by atoms with van der Waals surface area (Å²) < 4.78 is 2.86. The molecule has 0 N–H and O–H groups in total. The second-order valence-electron chi connectivity index (χ2n) is 1.87. The maximum atomic E-state index is 2.40. The molecule has 0 spiro atoms. The van der Waals surface area contributed by atoms with Gasteiger partial charge in [-0.1, -0.05) is 0 Å². The average Bonchev–Trinajstić information content (AvgIpc) is 1.98. The van der Waals surface area contributed by atoms with Gasteiger partial charge in [0.1, 0.15) is 0 Å². The van der Waals surface area contributed by atoms with E-state index >= 15 is 0 Å². The zero-order valence-electron chi connectivity index (χ0n) is 5.16. The molecule has 50 valence electrons. The van der Waals surface area contributed by atoms with Crippen molar-refractivity contribution in [1.82, 2.24) is 0 Å². The van der Waals surface area contributed by atoms with Crippen LogP contribution in [0.5, 0.6) is 0 Å². The van der Waals surface area contributed by atoms with Crippen LogP contribution in [-0.2, 0) is 0 Å². The van der Waals surface area contributed by atoms with Crippen molar-refractivity contribution in [3.8, 4) is 0 Å². The van der Waals surface area contributed by atoms with Crippen molar-refractivity contribution in [2.45, 2.75) is 13.8 Å². The van der Waals surface area contributed by atoms with E-state index in [1.807, 2.05) is 11.3 Å². The van der Waals surface area contributed by atoms with Crippen molar-refractivity contribution in [2.75, 3.05) is 0 Å². The number of halogens is 2. The van der Waals surface area contributed by atoms with Crippen molar-refractivity contribution in [3.63, 3.8) is 0 Å². The highest BCUT2D eigenvalue weighted by molar-refractivity contribution is 14.1. The van der Waals surface area contributed by atoms with E-state index in [0.29, 0.717) is 0 Å². The lowest BCUT2D eigenvalue weighted by Gasteiger charge is -1.85. The Labute approximate surface area is 86.3 Å². The third kappa shape index (κ3) is 1.59. The molecule has 1 rings (SSSR count). The molecule has 0 unspecified atom stereocenters. The van der Waals surface area contributed by atoms with E-state index in [1.165, 1.54) is 16.9 Å². The summed E-state index contributed by atoms with van der Waals surface area (Å²) in [6.07, 6.45) is 0. The Morgan fingerprint density at radius 3 is 1.89 bits per heavy atom. The van der Waals surface area contributed by atoms with E-state index in [1.54, 1.807) is 0 Å². The predicted molar refractivity (Wildman–Crippen MR) is 59.2 cm³/mol. The monoisotopic (exact) mass is 364 g/mol. The van der Waals surface area contributed by atoms with Crippen LogP contribution in [-0.4, -0.2) is 0 Å². The zero-order chi connectivity index (χ0) is 7.02. The Morgan fingerprint density at radius 2 is 1.78 bits per heavy atom. The van der Waals surface area contributed by atoms with Crippen LogP contribution < -0.4 is 0 Å². The van der Waals surface area contributed by atoms with Gasteiger partial charge in [0.25, 0.3) is 0 Å². The fourth-order valence-corrected chi connectivity index (χ4v) is 3.93. The van der Waals surface area contributed by atoms with E-state index < -0.39 is 0 Å². The maximum absolute atomic E-state index is 2.40. The predicted octanol–water partition coefficient (Wildman–Crippen LogP) is 3.57. The number of aryl methyl sites for hydroxylation is 1. The molecule has 3 heteroatoms. The first-order valence-electron chi connectivity index (χ1n) is 2.54. The van der Waals surface area contributed by atoms with Gasteiger partial charge in [0.15, 0.2) is 0 Å². The Bertz CT molecular complexity index is 205. The largest absolute Gasteiger partial charge is 0.133 e. The van der Waals surface area contributed by atoms with Gasteiger partial charge < -0.3 is 0 Å². The summed E-state index contributed by atoms with van der Waals surface area (Å²) in [5.74, 6) is 0. The second kappa shape index (κ2) is 3.04. The minimum Gasteiger partial charge on any atom is -0.133 e. The van der Waals surface area contributed by atoms with Crippen LogP contribution in [0, 0.1) is 20.3 Å². The van der Waals surface area contributed by atoms with E-state index in [-0.39, 0.29) is 0 Å². The van der Waals surface area contributed by atoms with Gasteiger partial charge in [-0.05, 0) is 64.6 Å². The van der Waals surface area contributed by atoms with E-state index in [2.05, 4.69) is 59.0 Å². The summed E-state index contributed by atoms with van der Waals surface area (Å²) in [5.41, 5.74) is 1.44. The van der Waals surface area contributed by atoms with Crippen LogP contribution >= 0.6 is 56.5 Å². The maximum Gasteiger partial charge on any atom is 0.0696 e. The lowest BCUT2D eigenvalue weighted by molar-refractivity contribution is 1.44. The van der Waals surface area contributed by atoms with E-state index in [0.717, 1.165) is 0 Å². The topological polar surface area (TPSA) is 0 Å². The summed E-state index contributed by atoms with van der Waals surface area (Å²) >= 11 is 6.65. The molecule has 0 bridgehead atoms. The number of hydrogen-bond donors (Lipinski definition) is 0. The van der Waals surface area contributed by atoms with Gasteiger partial charge in [-0.25, -0.2) is 0 Å². The highest BCUT2D eigenvalue weighted by Crippen LogP contribution is 2.29. The minimum atomic E-state index is 1.43. The third-order valence-corrected chi connectivity index (χ3v) is 5.63. The van der Waals surface area contributed by atoms with Gasteiger partial charge in [-0.2, -0.15) is 0 Å². The minimum absolute atomic E-state index is 1.43. The van der Waals surface area contributed by atoms with Crippen LogP contribution in [0.1, 0.15) is 10.4 Å². The van der Waals surface area contributed by atoms with Gasteiger partial charge in [0, 0.05) is 8.45 Å². The highest BCUT2D eigenvalue weighted by atomic mass is 127. The number of hydrogen-bond acceptors (Lipinski definition) is 1. The fraction of sp³-hybridized carbons (Fsp3) is 0.333. The van der Waals surface area contributed by atoms with Gasteiger partial charge in [-0.15, -0.1) is 11.3 Å². The molecule has 1 aromatic heterocycles. The van der Waals surface area contributed by atoms with Gasteiger partial charge in [0.2, 0.25) is 0 Å². The summed E-state index contributed by atoms with van der Waals surface area (Å²) in [6, 6.07) is 0. The summed E-state index contributed by atoms with van der Waals surface area (Å²) in [5, 5.41) is 0. The summed E-state index contributed by atoms with van der Waals surface area (Å²) in [6.45, 7) is 4.34. The Kier molecular flexibility index (Phi) is 2.79. The Morgan fingerprint density at radius 1 is 1.22 bits per heavy atom. The van der Waals surface area contributed by atoms with Crippen LogP contribution in [0.2, 0.25) is 0 Å². The quantitative estimate of drug-likeness (QED) is 0.618. The van der Waals surface area contributed by atoms with Crippen LogP contribution in [0.25, 0.3) is 0 Å². The molecule has 0 aliphatic carbocycles. The van der Waals surface area contributed by atoms with Gasteiger partial charge >= 0.3 is 0 Å². The first-order valence-corrected chi connectivity index (χ1v) is 5.51. The molecule has 0 aromatic carbocycles. The SMILES string of the molecule is Cc1sc(I)c(C)c1I. The molecule has 0 atom stereocenters. The zero-order valence-corrected chi connectivity index (χ0v) is 10.3. The van der Waals surface area contributed by atoms with Gasteiger partial charge in [-0.3, -0.25) is 0 Å². The summed E-state index contributed by atoms with van der Waals surface area (Å²) in [7, 11) is 0. The first-order chi connectivity index (χ1) is 4.13.